The zero-order chi connectivity index (χ0) is 36.3. The Balaban J connectivity index is 1.33. The highest BCUT2D eigenvalue weighted by Gasteiger charge is 2.29. The summed E-state index contributed by atoms with van der Waals surface area (Å²) in [5.74, 6) is -0.0760. The van der Waals surface area contributed by atoms with Gasteiger partial charge in [-0.05, 0) is 72.4 Å². The van der Waals surface area contributed by atoms with Crippen LogP contribution in [0.25, 0.3) is 22.2 Å². The molecule has 51 heavy (non-hydrogen) atoms. The molecule has 1 aliphatic carbocycles. The number of nitrogens with zero attached hydrogens (tertiary/aromatic N) is 4. The van der Waals surface area contributed by atoms with E-state index in [0.717, 1.165) is 59.1 Å². The molecular formula is C37H42N4O9S. The van der Waals surface area contributed by atoms with Crippen LogP contribution in [0, 0.1) is 10.1 Å². The van der Waals surface area contributed by atoms with Gasteiger partial charge >= 0.3 is 11.9 Å². The van der Waals surface area contributed by atoms with Crippen LogP contribution in [0.3, 0.4) is 0 Å². The third-order valence-corrected chi connectivity index (χ3v) is 11.2. The Morgan fingerprint density at radius 2 is 1.61 bits per heavy atom. The van der Waals surface area contributed by atoms with Crippen LogP contribution in [0.15, 0.2) is 60.7 Å². The summed E-state index contributed by atoms with van der Waals surface area (Å²) in [5, 5.41) is 12.6. The third kappa shape index (κ3) is 7.71. The van der Waals surface area contributed by atoms with Gasteiger partial charge in [0.15, 0.2) is 0 Å². The molecule has 13 nitrogen and oxygen atoms in total. The number of esters is 2. The SMILES string of the molecule is COC(=O)Cn1c(-c2ccc(OCc3cc([N+](=O)[O-])ccc3N3CCN(S(C)(=O)=O)CC3)cc2)c(C2CCCCC2)c2ccc(C(=O)OC)cc21. The van der Waals surface area contributed by atoms with E-state index >= 15 is 0 Å². The van der Waals surface area contributed by atoms with E-state index in [0.29, 0.717) is 43.1 Å². The number of hydrogen-bond donors (Lipinski definition) is 0. The number of carbonyl (C=O) groups is 2. The first-order valence-corrected chi connectivity index (χ1v) is 18.8. The van der Waals surface area contributed by atoms with Crippen molar-refractivity contribution >= 4 is 44.2 Å². The second kappa shape index (κ2) is 15.1. The smallest absolute Gasteiger partial charge is 0.337 e. The summed E-state index contributed by atoms with van der Waals surface area (Å²) in [6.07, 6.45) is 6.60. The number of fused-ring (bicyclic) bond motifs is 1. The molecule has 1 saturated heterocycles. The van der Waals surface area contributed by atoms with E-state index in [1.54, 1.807) is 18.2 Å². The molecule has 0 radical (unpaired) electrons. The molecule has 0 unspecified atom stereocenters. The van der Waals surface area contributed by atoms with Crippen LogP contribution in [0.1, 0.15) is 59.5 Å². The van der Waals surface area contributed by atoms with Crippen molar-refractivity contribution in [3.05, 3.63) is 87.5 Å². The molecule has 2 fully saturated rings. The Bertz CT molecular complexity index is 2050. The zero-order valence-electron chi connectivity index (χ0n) is 29.0. The van der Waals surface area contributed by atoms with Crippen molar-refractivity contribution in [3.8, 4) is 17.0 Å². The molecule has 0 N–H and O–H groups in total. The number of benzene rings is 3. The van der Waals surface area contributed by atoms with Crippen molar-refractivity contribution in [2.75, 3.05) is 51.6 Å². The number of hydrogen-bond acceptors (Lipinski definition) is 10. The molecule has 1 saturated carbocycles. The highest BCUT2D eigenvalue weighted by molar-refractivity contribution is 7.88. The average Bonchev–Trinajstić information content (AvgIpc) is 3.46. The summed E-state index contributed by atoms with van der Waals surface area (Å²) < 4.78 is 43.7. The predicted octanol–water partition coefficient (Wildman–Crippen LogP) is 5.88. The lowest BCUT2D eigenvalue weighted by atomic mass is 9.82. The standard InChI is InChI=1S/C37H42N4O9S/c1-48-34(42)23-40-33-22-27(37(43)49-2)11-15-31(33)35(25-7-5-4-6-8-25)36(40)26-9-13-30(14-10-26)50-24-28-21-29(41(44)45)12-16-32(28)38-17-19-39(20-18-38)51(3,46)47/h9-16,21-22,25H,4-8,17-20,23-24H2,1-3H3. The zero-order valence-corrected chi connectivity index (χ0v) is 29.8. The number of piperazine rings is 1. The van der Waals surface area contributed by atoms with Gasteiger partial charge in [0, 0.05) is 54.9 Å². The van der Waals surface area contributed by atoms with Gasteiger partial charge in [0.1, 0.15) is 18.9 Å². The molecule has 0 spiro atoms. The second-order valence-corrected chi connectivity index (χ2v) is 15.0. The number of ether oxygens (including phenoxy) is 3. The monoisotopic (exact) mass is 718 g/mol. The second-order valence-electron chi connectivity index (χ2n) is 13.0. The van der Waals surface area contributed by atoms with Crippen molar-refractivity contribution in [3.63, 3.8) is 0 Å². The van der Waals surface area contributed by atoms with Gasteiger partial charge < -0.3 is 23.7 Å². The average molecular weight is 719 g/mol. The molecule has 3 aromatic carbocycles. The van der Waals surface area contributed by atoms with Gasteiger partial charge in [0.25, 0.3) is 5.69 Å². The number of carbonyl (C=O) groups excluding carboxylic acids is 2. The summed E-state index contributed by atoms with van der Waals surface area (Å²) in [7, 11) is -0.625. The summed E-state index contributed by atoms with van der Waals surface area (Å²) in [6, 6.07) is 17.6. The number of sulfonamides is 1. The van der Waals surface area contributed by atoms with Crippen LogP contribution < -0.4 is 9.64 Å². The van der Waals surface area contributed by atoms with Gasteiger partial charge in [-0.1, -0.05) is 25.3 Å². The summed E-state index contributed by atoms with van der Waals surface area (Å²) in [4.78, 5) is 38.5. The van der Waals surface area contributed by atoms with E-state index in [1.165, 1.54) is 43.3 Å². The highest BCUT2D eigenvalue weighted by atomic mass is 32.2. The molecule has 0 amide bonds. The number of aromatic nitrogens is 1. The van der Waals surface area contributed by atoms with Crippen LogP contribution in [-0.2, 0) is 37.4 Å². The normalized spacial score (nSPS) is 15.9. The lowest BCUT2D eigenvalue weighted by Gasteiger charge is -2.35. The largest absolute Gasteiger partial charge is 0.489 e. The van der Waals surface area contributed by atoms with Crippen LogP contribution >= 0.6 is 0 Å². The molecule has 6 rings (SSSR count). The fourth-order valence-electron chi connectivity index (χ4n) is 7.34. The van der Waals surface area contributed by atoms with Crippen molar-refractivity contribution in [2.45, 2.75) is 51.2 Å². The maximum absolute atomic E-state index is 12.8. The van der Waals surface area contributed by atoms with E-state index < -0.39 is 26.9 Å². The highest BCUT2D eigenvalue weighted by Crippen LogP contribution is 2.44. The van der Waals surface area contributed by atoms with Gasteiger partial charge in [-0.2, -0.15) is 4.31 Å². The topological polar surface area (TPSA) is 151 Å². The van der Waals surface area contributed by atoms with Gasteiger partial charge in [-0.25, -0.2) is 13.2 Å². The fourth-order valence-corrected chi connectivity index (χ4v) is 8.16. The molecule has 14 heteroatoms. The number of nitro groups is 1. The maximum atomic E-state index is 12.8. The summed E-state index contributed by atoms with van der Waals surface area (Å²) in [5.41, 5.74) is 5.31. The lowest BCUT2D eigenvalue weighted by molar-refractivity contribution is -0.384. The lowest BCUT2D eigenvalue weighted by Crippen LogP contribution is -2.48. The molecular weight excluding hydrogens is 676 g/mol. The number of rotatable bonds is 11. The van der Waals surface area contributed by atoms with E-state index in [9.17, 15) is 28.1 Å². The van der Waals surface area contributed by atoms with E-state index in [1.807, 2.05) is 39.8 Å². The molecule has 4 aromatic rings. The van der Waals surface area contributed by atoms with Gasteiger partial charge in [0.2, 0.25) is 10.0 Å². The summed E-state index contributed by atoms with van der Waals surface area (Å²) in [6.45, 7) is 1.52. The third-order valence-electron chi connectivity index (χ3n) is 9.90. The molecule has 0 atom stereocenters. The Hall–Kier alpha value is -4.95. The minimum Gasteiger partial charge on any atom is -0.489 e. The van der Waals surface area contributed by atoms with Crippen LogP contribution in [-0.4, -0.2) is 80.8 Å². The Morgan fingerprint density at radius 3 is 2.24 bits per heavy atom. The van der Waals surface area contributed by atoms with Crippen molar-refractivity contribution in [2.24, 2.45) is 0 Å². The van der Waals surface area contributed by atoms with Crippen LogP contribution in [0.4, 0.5) is 11.4 Å². The minimum absolute atomic E-state index is 0.0497. The molecule has 270 valence electrons. The molecule has 1 aromatic heterocycles. The van der Waals surface area contributed by atoms with E-state index in [4.69, 9.17) is 14.2 Å². The first-order chi connectivity index (χ1) is 24.5. The van der Waals surface area contributed by atoms with Crippen molar-refractivity contribution in [1.82, 2.24) is 8.87 Å². The maximum Gasteiger partial charge on any atom is 0.337 e. The first-order valence-electron chi connectivity index (χ1n) is 17.0. The fraction of sp³-hybridized carbons (Fsp3) is 0.405. The van der Waals surface area contributed by atoms with Crippen molar-refractivity contribution in [1.29, 1.82) is 0 Å². The number of non-ortho nitro benzene ring substituents is 1. The molecule has 2 aliphatic rings. The Labute approximate surface area is 296 Å². The number of nitro benzene ring substituents is 1. The van der Waals surface area contributed by atoms with Gasteiger partial charge in [-0.3, -0.25) is 14.9 Å². The Kier molecular flexibility index (Phi) is 10.6. The number of methoxy groups -OCH3 is 2. The van der Waals surface area contributed by atoms with Gasteiger partial charge in [0.05, 0.1) is 42.2 Å². The number of anilines is 1. The quantitative estimate of drug-likeness (QED) is 0.104. The van der Waals surface area contributed by atoms with Crippen LogP contribution in [0.2, 0.25) is 0 Å². The van der Waals surface area contributed by atoms with E-state index in [-0.39, 0.29) is 24.8 Å². The Morgan fingerprint density at radius 1 is 0.902 bits per heavy atom. The van der Waals surface area contributed by atoms with Gasteiger partial charge in [-0.15, -0.1) is 0 Å². The minimum atomic E-state index is -3.31. The summed E-state index contributed by atoms with van der Waals surface area (Å²) >= 11 is 0. The predicted molar refractivity (Wildman–Crippen MR) is 193 cm³/mol. The molecule has 1 aliphatic heterocycles. The van der Waals surface area contributed by atoms with Crippen molar-refractivity contribution < 1.29 is 37.1 Å². The molecule has 0 bridgehead atoms. The first kappa shape index (κ1) is 35.9. The molecule has 2 heterocycles. The van der Waals surface area contributed by atoms with Crippen LogP contribution in [0.5, 0.6) is 5.75 Å². The van der Waals surface area contributed by atoms with E-state index in [2.05, 4.69) is 0 Å².